The summed E-state index contributed by atoms with van der Waals surface area (Å²) in [6, 6.07) is 11.9. The van der Waals surface area contributed by atoms with E-state index in [4.69, 9.17) is 0 Å². The van der Waals surface area contributed by atoms with Gasteiger partial charge in [-0.15, -0.1) is 0 Å². The lowest BCUT2D eigenvalue weighted by Gasteiger charge is -2.12. The van der Waals surface area contributed by atoms with Gasteiger partial charge in [0.1, 0.15) is 28.8 Å². The quantitative estimate of drug-likeness (QED) is 0.383. The molecule has 0 atom stereocenters. The van der Waals surface area contributed by atoms with Gasteiger partial charge in [-0.1, -0.05) is 18.7 Å². The molecule has 2 aromatic carbocycles. The molecule has 32 heavy (non-hydrogen) atoms. The van der Waals surface area contributed by atoms with Gasteiger partial charge in [0.2, 0.25) is 5.91 Å². The van der Waals surface area contributed by atoms with E-state index < -0.39 is 0 Å². The molecule has 9 heteroatoms. The number of rotatable bonds is 3. The molecule has 1 amide bonds. The van der Waals surface area contributed by atoms with Crippen LogP contribution in [0.4, 0.5) is 11.5 Å². The van der Waals surface area contributed by atoms with Gasteiger partial charge in [-0.05, 0) is 47.0 Å². The number of nitrogens with zero attached hydrogens (tertiary/aromatic N) is 5. The van der Waals surface area contributed by atoms with Crippen molar-refractivity contribution in [2.24, 2.45) is 7.05 Å². The van der Waals surface area contributed by atoms with Crippen molar-refractivity contribution < 1.29 is 4.79 Å². The number of aromatic amines is 1. The zero-order valence-corrected chi connectivity index (χ0v) is 17.2. The van der Waals surface area contributed by atoms with Crippen LogP contribution in [0.1, 0.15) is 5.56 Å². The summed E-state index contributed by atoms with van der Waals surface area (Å²) in [5.41, 5.74) is 8.39. The van der Waals surface area contributed by atoms with Gasteiger partial charge in [0.05, 0.1) is 11.1 Å². The van der Waals surface area contributed by atoms with Crippen molar-refractivity contribution in [1.82, 2.24) is 29.9 Å². The Morgan fingerprint density at radius 2 is 1.94 bits per heavy atom. The lowest BCUT2D eigenvalue weighted by molar-refractivity contribution is -0.111. The molecule has 3 N–H and O–H groups in total. The highest BCUT2D eigenvalue weighted by Crippen LogP contribution is 2.45. The Morgan fingerprint density at radius 3 is 2.72 bits per heavy atom. The van der Waals surface area contributed by atoms with E-state index in [1.807, 2.05) is 31.3 Å². The summed E-state index contributed by atoms with van der Waals surface area (Å²) in [6.45, 7) is 4.12. The third kappa shape index (κ3) is 2.61. The average molecular weight is 422 g/mol. The molecule has 0 fully saturated rings. The first-order valence-corrected chi connectivity index (χ1v) is 10.1. The number of H-pyrrole nitrogens is 1. The maximum Gasteiger partial charge on any atom is 0.247 e. The van der Waals surface area contributed by atoms with Crippen LogP contribution in [0.25, 0.3) is 44.5 Å². The number of aryl methyl sites for hydroxylation is 1. The van der Waals surface area contributed by atoms with E-state index >= 15 is 0 Å². The van der Waals surface area contributed by atoms with Crippen LogP contribution in [0.15, 0.2) is 55.4 Å². The molecule has 6 rings (SSSR count). The van der Waals surface area contributed by atoms with Crippen molar-refractivity contribution in [2.45, 2.75) is 6.54 Å². The Morgan fingerprint density at radius 1 is 1.16 bits per heavy atom. The lowest BCUT2D eigenvalue weighted by Crippen LogP contribution is -2.07. The standard InChI is InChI=1S/C23H18N8O/c1-3-18(32)27-14-6-4-12(5-7-14)21-19-15-9-17-16(28-30-29-17)8-13(15)10-24-22-20(19)23(31(21)2)26-11-25-22/h3-9,11H,1,10H2,2H3,(H,27,32)(H,24,25,26)(H,28,29,30). The average Bonchev–Trinajstić information content (AvgIpc) is 3.34. The summed E-state index contributed by atoms with van der Waals surface area (Å²) in [6.07, 6.45) is 2.83. The van der Waals surface area contributed by atoms with Crippen LogP contribution < -0.4 is 10.6 Å². The fourth-order valence-corrected chi connectivity index (χ4v) is 4.38. The second kappa shape index (κ2) is 6.74. The number of carbonyl (C=O) groups excluding carboxylic acids is 1. The Kier molecular flexibility index (Phi) is 3.85. The van der Waals surface area contributed by atoms with E-state index in [1.165, 1.54) is 6.08 Å². The molecule has 1 aliphatic rings. The molecule has 156 valence electrons. The van der Waals surface area contributed by atoms with Crippen LogP contribution in [0, 0.1) is 0 Å². The van der Waals surface area contributed by atoms with Crippen LogP contribution in [0.3, 0.4) is 0 Å². The Labute approximate surface area is 182 Å². The van der Waals surface area contributed by atoms with Gasteiger partial charge in [0.15, 0.2) is 0 Å². The van der Waals surface area contributed by atoms with Gasteiger partial charge in [-0.2, -0.15) is 15.4 Å². The van der Waals surface area contributed by atoms with E-state index in [2.05, 4.69) is 59.3 Å². The van der Waals surface area contributed by atoms with E-state index in [0.717, 1.165) is 55.8 Å². The van der Waals surface area contributed by atoms with E-state index in [9.17, 15) is 4.79 Å². The molecular weight excluding hydrogens is 404 g/mol. The molecule has 0 aliphatic carbocycles. The Balaban J connectivity index is 1.63. The number of nitrogens with one attached hydrogen (secondary N) is 3. The fourth-order valence-electron chi connectivity index (χ4n) is 4.38. The summed E-state index contributed by atoms with van der Waals surface area (Å²) in [4.78, 5) is 20.7. The van der Waals surface area contributed by atoms with Gasteiger partial charge in [0, 0.05) is 24.8 Å². The molecule has 1 aliphatic heterocycles. The number of hydrogen-bond acceptors (Lipinski definition) is 6. The van der Waals surface area contributed by atoms with Crippen LogP contribution in [0.5, 0.6) is 0 Å². The highest BCUT2D eigenvalue weighted by molar-refractivity contribution is 6.10. The third-order valence-corrected chi connectivity index (χ3v) is 5.84. The van der Waals surface area contributed by atoms with E-state index in [0.29, 0.717) is 12.2 Å². The molecule has 0 spiro atoms. The van der Waals surface area contributed by atoms with Crippen molar-refractivity contribution in [3.8, 4) is 22.4 Å². The van der Waals surface area contributed by atoms with Gasteiger partial charge >= 0.3 is 0 Å². The molecule has 0 bridgehead atoms. The zero-order chi connectivity index (χ0) is 21.8. The molecule has 0 saturated carbocycles. The predicted molar refractivity (Wildman–Crippen MR) is 123 cm³/mol. The SMILES string of the molecule is C=CC(=O)Nc1ccc(-c2c3c4c(ncnc4n2C)NCc2cc4n[nH]nc4cc2-3)cc1. The Hall–Kier alpha value is -4.53. The normalized spacial score (nSPS) is 12.3. The molecule has 0 saturated heterocycles. The number of amides is 1. The van der Waals surface area contributed by atoms with Crippen molar-refractivity contribution >= 4 is 39.5 Å². The molecular formula is C23H18N8O. The molecule has 4 heterocycles. The smallest absolute Gasteiger partial charge is 0.247 e. The fraction of sp³-hybridized carbons (Fsp3) is 0.0870. The second-order valence-corrected chi connectivity index (χ2v) is 7.65. The first-order chi connectivity index (χ1) is 15.6. The van der Waals surface area contributed by atoms with Crippen LogP contribution in [-0.4, -0.2) is 35.9 Å². The van der Waals surface area contributed by atoms with Crippen LogP contribution in [-0.2, 0) is 18.4 Å². The maximum atomic E-state index is 11.6. The zero-order valence-electron chi connectivity index (χ0n) is 17.2. The van der Waals surface area contributed by atoms with E-state index in [-0.39, 0.29) is 5.91 Å². The summed E-state index contributed by atoms with van der Waals surface area (Å²) >= 11 is 0. The van der Waals surface area contributed by atoms with Gasteiger partial charge in [-0.25, -0.2) is 9.97 Å². The number of benzene rings is 2. The molecule has 9 nitrogen and oxygen atoms in total. The summed E-state index contributed by atoms with van der Waals surface area (Å²) < 4.78 is 2.08. The van der Waals surface area contributed by atoms with E-state index in [1.54, 1.807) is 6.33 Å². The summed E-state index contributed by atoms with van der Waals surface area (Å²) in [7, 11) is 2.00. The largest absolute Gasteiger partial charge is 0.365 e. The molecule has 0 radical (unpaired) electrons. The minimum Gasteiger partial charge on any atom is -0.365 e. The molecule has 5 aromatic rings. The van der Waals surface area contributed by atoms with Crippen molar-refractivity contribution in [3.63, 3.8) is 0 Å². The minimum absolute atomic E-state index is 0.245. The van der Waals surface area contributed by atoms with Gasteiger partial charge in [0.25, 0.3) is 0 Å². The Bertz CT molecular complexity index is 1540. The topological polar surface area (TPSA) is 113 Å². The summed E-state index contributed by atoms with van der Waals surface area (Å²) in [5.74, 6) is 0.551. The molecule has 3 aromatic heterocycles. The lowest BCUT2D eigenvalue weighted by atomic mass is 9.95. The highest BCUT2D eigenvalue weighted by atomic mass is 16.1. The number of fused-ring (bicyclic) bond motifs is 3. The molecule has 0 unspecified atom stereocenters. The predicted octanol–water partition coefficient (Wildman–Crippen LogP) is 3.62. The maximum absolute atomic E-state index is 11.6. The number of hydrogen-bond donors (Lipinski definition) is 3. The van der Waals surface area contributed by atoms with Gasteiger partial charge in [-0.3, -0.25) is 4.79 Å². The first-order valence-electron chi connectivity index (χ1n) is 10.1. The van der Waals surface area contributed by atoms with Crippen molar-refractivity contribution in [3.05, 3.63) is 60.9 Å². The van der Waals surface area contributed by atoms with Crippen LogP contribution >= 0.6 is 0 Å². The van der Waals surface area contributed by atoms with Crippen molar-refractivity contribution in [2.75, 3.05) is 10.6 Å². The van der Waals surface area contributed by atoms with Crippen LogP contribution in [0.2, 0.25) is 0 Å². The van der Waals surface area contributed by atoms with Gasteiger partial charge < -0.3 is 15.2 Å². The highest BCUT2D eigenvalue weighted by Gasteiger charge is 2.27. The number of aromatic nitrogens is 6. The van der Waals surface area contributed by atoms with Crippen molar-refractivity contribution in [1.29, 1.82) is 0 Å². The third-order valence-electron chi connectivity index (χ3n) is 5.84. The number of carbonyl (C=O) groups is 1. The minimum atomic E-state index is -0.245. The second-order valence-electron chi connectivity index (χ2n) is 7.65. The summed E-state index contributed by atoms with van der Waals surface area (Å²) in [5, 5.41) is 18.4. The monoisotopic (exact) mass is 422 g/mol. The number of anilines is 2. The first kappa shape index (κ1) is 18.3.